The van der Waals surface area contributed by atoms with E-state index < -0.39 is 36.8 Å². The van der Waals surface area contributed by atoms with Crippen LogP contribution in [0, 0.1) is 0 Å². The normalized spacial score (nSPS) is 9.00. The third-order valence-corrected chi connectivity index (χ3v) is 0.886. The number of hydrogen-bond acceptors (Lipinski definition) is 4. The van der Waals surface area contributed by atoms with Crippen LogP contribution < -0.4 is 0 Å². The summed E-state index contributed by atoms with van der Waals surface area (Å²) >= 11 is 0. The lowest BCUT2D eigenvalue weighted by atomic mass is 10.6. The minimum absolute atomic E-state index is 0.732. The van der Waals surface area contributed by atoms with Crippen LogP contribution in [0.4, 0.5) is 8.78 Å². The summed E-state index contributed by atoms with van der Waals surface area (Å²) in [4.78, 5) is 21.2. The number of hydrogen-bond donors (Lipinski definition) is 0. The summed E-state index contributed by atoms with van der Waals surface area (Å²) < 4.78 is 32.0. The quantitative estimate of drug-likeness (QED) is 0.509. The first-order valence-electron chi connectivity index (χ1n) is 3.44. The van der Waals surface area contributed by atoms with Crippen molar-refractivity contribution in [3.63, 3.8) is 0 Å². The van der Waals surface area contributed by atoms with E-state index in [1.165, 1.54) is 0 Å². The van der Waals surface area contributed by atoms with Gasteiger partial charge in [-0.3, -0.25) is 0 Å². The zero-order chi connectivity index (χ0) is 11.1. The molecule has 0 heterocycles. The highest BCUT2D eigenvalue weighted by Crippen LogP contribution is 1.96. The van der Waals surface area contributed by atoms with E-state index in [9.17, 15) is 18.4 Å². The van der Waals surface area contributed by atoms with Gasteiger partial charge in [0, 0.05) is 0 Å². The van der Waals surface area contributed by atoms with E-state index in [1.54, 1.807) is 0 Å². The van der Waals surface area contributed by atoms with Gasteiger partial charge in [-0.2, -0.15) is 0 Å². The Morgan fingerprint density at radius 1 is 0.929 bits per heavy atom. The van der Waals surface area contributed by atoms with Crippen LogP contribution in [0.3, 0.4) is 0 Å². The molecule has 0 aromatic heterocycles. The van der Waals surface area contributed by atoms with E-state index in [-0.39, 0.29) is 0 Å². The molecule has 0 atom stereocenters. The van der Waals surface area contributed by atoms with Crippen LogP contribution in [0.25, 0.3) is 0 Å². The van der Waals surface area contributed by atoms with Gasteiger partial charge in [-0.1, -0.05) is 13.2 Å². The molecular formula is C8H8F2O4. The van der Waals surface area contributed by atoms with Crippen LogP contribution in [0.2, 0.25) is 0 Å². The Morgan fingerprint density at radius 3 is 1.43 bits per heavy atom. The molecule has 0 saturated carbocycles. The molecule has 0 aliphatic rings. The van der Waals surface area contributed by atoms with E-state index in [2.05, 4.69) is 22.6 Å². The molecule has 0 saturated heterocycles. The highest BCUT2D eigenvalue weighted by molar-refractivity contribution is 6.29. The van der Waals surface area contributed by atoms with Gasteiger partial charge in [-0.25, -0.2) is 18.4 Å². The Balaban J connectivity index is 3.82. The zero-order valence-electron chi connectivity index (χ0n) is 7.22. The predicted molar refractivity (Wildman–Crippen MR) is 42.4 cm³/mol. The molecule has 4 nitrogen and oxygen atoms in total. The number of esters is 2. The van der Waals surface area contributed by atoms with E-state index >= 15 is 0 Å². The molecule has 0 aromatic rings. The summed E-state index contributed by atoms with van der Waals surface area (Å²) in [6, 6.07) is 0. The molecular weight excluding hydrogens is 198 g/mol. The topological polar surface area (TPSA) is 52.6 Å². The first-order chi connectivity index (χ1) is 6.43. The first-order valence-corrected chi connectivity index (χ1v) is 3.44. The molecule has 78 valence electrons. The van der Waals surface area contributed by atoms with Crippen LogP contribution in [0.5, 0.6) is 0 Å². The van der Waals surface area contributed by atoms with E-state index in [1.807, 2.05) is 0 Å². The molecule has 0 bridgehead atoms. The Bertz CT molecular complexity index is 245. The number of rotatable bonds is 4. The highest BCUT2D eigenvalue weighted by Gasteiger charge is 2.17. The number of carbonyl (C=O) groups excluding carboxylic acids is 2. The van der Waals surface area contributed by atoms with E-state index in [0.717, 1.165) is 0 Å². The maximum Gasteiger partial charge on any atom is 0.417 e. The van der Waals surface area contributed by atoms with Gasteiger partial charge in [-0.05, 0) is 0 Å². The SMILES string of the molecule is C=C(F)COC(=O)C(=O)OCC(=C)F. The van der Waals surface area contributed by atoms with Gasteiger partial charge in [0.2, 0.25) is 0 Å². The van der Waals surface area contributed by atoms with Gasteiger partial charge in [0.25, 0.3) is 0 Å². The van der Waals surface area contributed by atoms with Crippen LogP contribution in [-0.2, 0) is 19.1 Å². The molecule has 0 radical (unpaired) electrons. The van der Waals surface area contributed by atoms with Gasteiger partial charge in [0.05, 0.1) is 0 Å². The van der Waals surface area contributed by atoms with Crippen molar-refractivity contribution in [3.05, 3.63) is 24.8 Å². The van der Waals surface area contributed by atoms with Crippen molar-refractivity contribution in [1.82, 2.24) is 0 Å². The third kappa shape index (κ3) is 5.87. The monoisotopic (exact) mass is 206 g/mol. The van der Waals surface area contributed by atoms with Crippen molar-refractivity contribution in [3.8, 4) is 0 Å². The average Bonchev–Trinajstić information content (AvgIpc) is 2.09. The molecule has 0 fully saturated rings. The van der Waals surface area contributed by atoms with Gasteiger partial charge >= 0.3 is 11.9 Å². The van der Waals surface area contributed by atoms with E-state index in [0.29, 0.717) is 0 Å². The van der Waals surface area contributed by atoms with Crippen molar-refractivity contribution in [2.75, 3.05) is 13.2 Å². The molecule has 6 heteroatoms. The van der Waals surface area contributed by atoms with Crippen molar-refractivity contribution in [2.45, 2.75) is 0 Å². The van der Waals surface area contributed by atoms with Gasteiger partial charge in [0.15, 0.2) is 0 Å². The van der Waals surface area contributed by atoms with Gasteiger partial charge in [-0.15, -0.1) is 0 Å². The minimum Gasteiger partial charge on any atom is -0.450 e. The molecule has 0 rings (SSSR count). The molecule has 0 aliphatic heterocycles. The lowest BCUT2D eigenvalue weighted by molar-refractivity contribution is -0.166. The molecule has 14 heavy (non-hydrogen) atoms. The number of ether oxygens (including phenoxy) is 2. The van der Waals surface area contributed by atoms with Gasteiger partial charge < -0.3 is 9.47 Å². The predicted octanol–water partition coefficient (Wildman–Crippen LogP) is 1.04. The second-order valence-corrected chi connectivity index (χ2v) is 2.19. The second kappa shape index (κ2) is 5.85. The molecule has 0 unspecified atom stereocenters. The van der Waals surface area contributed by atoms with Gasteiger partial charge in [0.1, 0.15) is 24.9 Å². The molecule has 0 spiro atoms. The second-order valence-electron chi connectivity index (χ2n) is 2.19. The maximum atomic E-state index is 11.9. The standard InChI is InChI=1S/C8H8F2O4/c1-5(9)3-13-7(11)8(12)14-4-6(2)10/h1-4H2. The van der Waals surface area contributed by atoms with Crippen LogP contribution >= 0.6 is 0 Å². The largest absolute Gasteiger partial charge is 0.450 e. The fourth-order valence-electron chi connectivity index (χ4n) is 0.406. The highest BCUT2D eigenvalue weighted by atomic mass is 19.1. The molecule has 0 N–H and O–H groups in total. The van der Waals surface area contributed by atoms with Crippen molar-refractivity contribution in [1.29, 1.82) is 0 Å². The Kier molecular flexibility index (Phi) is 5.13. The summed E-state index contributed by atoms with van der Waals surface area (Å²) in [6.07, 6.45) is 0. The number of carbonyl (C=O) groups is 2. The van der Waals surface area contributed by atoms with Crippen molar-refractivity contribution >= 4 is 11.9 Å². The summed E-state index contributed by atoms with van der Waals surface area (Å²) in [5.74, 6) is -4.66. The first kappa shape index (κ1) is 12.3. The lowest BCUT2D eigenvalue weighted by Gasteiger charge is -2.02. The fourth-order valence-corrected chi connectivity index (χ4v) is 0.406. The number of halogens is 2. The Hall–Kier alpha value is -1.72. The van der Waals surface area contributed by atoms with E-state index in [4.69, 9.17) is 0 Å². The summed E-state index contributed by atoms with van der Waals surface area (Å²) in [7, 11) is 0. The average molecular weight is 206 g/mol. The summed E-state index contributed by atoms with van der Waals surface area (Å²) in [5.41, 5.74) is 0. The Morgan fingerprint density at radius 2 is 1.21 bits per heavy atom. The van der Waals surface area contributed by atoms with Crippen molar-refractivity contribution in [2.24, 2.45) is 0 Å². The van der Waals surface area contributed by atoms with Crippen LogP contribution in [0.15, 0.2) is 24.8 Å². The smallest absolute Gasteiger partial charge is 0.417 e. The Labute approximate surface area is 78.8 Å². The third-order valence-electron chi connectivity index (χ3n) is 0.886. The van der Waals surface area contributed by atoms with Crippen molar-refractivity contribution < 1.29 is 27.8 Å². The minimum atomic E-state index is -1.41. The molecule has 0 amide bonds. The lowest BCUT2D eigenvalue weighted by Crippen LogP contribution is -2.21. The zero-order valence-corrected chi connectivity index (χ0v) is 7.22. The van der Waals surface area contributed by atoms with Crippen LogP contribution in [-0.4, -0.2) is 25.2 Å². The molecule has 0 aromatic carbocycles. The summed E-state index contributed by atoms with van der Waals surface area (Å²) in [6.45, 7) is 4.12. The van der Waals surface area contributed by atoms with Crippen LogP contribution in [0.1, 0.15) is 0 Å². The maximum absolute atomic E-state index is 11.9. The molecule has 0 aliphatic carbocycles. The fraction of sp³-hybridized carbons (Fsp3) is 0.250. The summed E-state index contributed by atoms with van der Waals surface area (Å²) in [5, 5.41) is 0.